The second-order valence-corrected chi connectivity index (χ2v) is 7.86. The van der Waals surface area contributed by atoms with Crippen molar-refractivity contribution in [2.45, 2.75) is 39.2 Å². The number of rotatable bonds is 4. The summed E-state index contributed by atoms with van der Waals surface area (Å²) in [5, 5.41) is 11.6. The lowest BCUT2D eigenvalue weighted by Crippen LogP contribution is -2.28. The quantitative estimate of drug-likeness (QED) is 0.737. The third-order valence-electron chi connectivity index (χ3n) is 4.70. The fourth-order valence-corrected chi connectivity index (χ4v) is 4.14. The minimum Gasteiger partial charge on any atom is -0.366 e. The first-order valence-electron chi connectivity index (χ1n) is 8.84. The second kappa shape index (κ2) is 6.68. The number of aromatic amines is 1. The van der Waals surface area contributed by atoms with Gasteiger partial charge in [-0.15, -0.1) is 11.3 Å². The van der Waals surface area contributed by atoms with Crippen molar-refractivity contribution >= 4 is 34.1 Å². The number of carbonyl (C=O) groups excluding carboxylic acids is 1. The number of thiazole rings is 1. The van der Waals surface area contributed by atoms with Crippen molar-refractivity contribution in [1.29, 1.82) is 0 Å². The molecule has 2 N–H and O–H groups in total. The van der Waals surface area contributed by atoms with Crippen LogP contribution in [-0.2, 0) is 0 Å². The molecule has 8 heteroatoms. The molecular formula is C18H22N6OS. The van der Waals surface area contributed by atoms with Crippen molar-refractivity contribution in [3.63, 3.8) is 0 Å². The van der Waals surface area contributed by atoms with Crippen LogP contribution < -0.4 is 5.32 Å². The molecule has 0 bridgehead atoms. The molecule has 1 aliphatic heterocycles. The van der Waals surface area contributed by atoms with Crippen LogP contribution in [0.15, 0.2) is 17.6 Å². The Kier molecular flexibility index (Phi) is 4.36. The minimum atomic E-state index is 0.0820. The molecule has 3 aromatic rings. The molecule has 4 rings (SSSR count). The van der Waals surface area contributed by atoms with Gasteiger partial charge in [0, 0.05) is 30.7 Å². The van der Waals surface area contributed by atoms with Gasteiger partial charge in [0.2, 0.25) is 0 Å². The van der Waals surface area contributed by atoms with E-state index in [1.165, 1.54) is 11.3 Å². The van der Waals surface area contributed by atoms with Gasteiger partial charge >= 0.3 is 0 Å². The molecule has 1 saturated heterocycles. The van der Waals surface area contributed by atoms with Crippen LogP contribution >= 0.6 is 11.3 Å². The van der Waals surface area contributed by atoms with Crippen molar-refractivity contribution in [3.05, 3.63) is 33.9 Å². The number of likely N-dealkylation sites (tertiary alicyclic amines) is 1. The van der Waals surface area contributed by atoms with Crippen LogP contribution in [0.5, 0.6) is 0 Å². The Bertz CT molecular complexity index is 946. The average molecular weight is 370 g/mol. The van der Waals surface area contributed by atoms with Gasteiger partial charge in [-0.2, -0.15) is 5.10 Å². The van der Waals surface area contributed by atoms with Crippen LogP contribution in [0.1, 0.15) is 47.2 Å². The van der Waals surface area contributed by atoms with E-state index in [2.05, 4.69) is 46.5 Å². The Hall–Kier alpha value is -2.48. The van der Waals surface area contributed by atoms with Crippen LogP contribution in [0, 0.1) is 6.92 Å². The van der Waals surface area contributed by atoms with Gasteiger partial charge in [0.05, 0.1) is 16.6 Å². The van der Waals surface area contributed by atoms with Gasteiger partial charge in [-0.1, -0.05) is 0 Å². The lowest BCUT2D eigenvalue weighted by Gasteiger charge is -2.15. The minimum absolute atomic E-state index is 0.0820. The summed E-state index contributed by atoms with van der Waals surface area (Å²) in [6.07, 6.45) is 0.924. The van der Waals surface area contributed by atoms with Crippen molar-refractivity contribution in [1.82, 2.24) is 25.1 Å². The van der Waals surface area contributed by atoms with E-state index in [4.69, 9.17) is 4.98 Å². The summed E-state index contributed by atoms with van der Waals surface area (Å²) in [5.41, 5.74) is 4.33. The number of hydrogen-bond donors (Lipinski definition) is 2. The molecule has 1 amide bonds. The van der Waals surface area contributed by atoms with Gasteiger partial charge in [-0.05, 0) is 39.3 Å². The number of amides is 1. The number of hydrogen-bond acceptors (Lipinski definition) is 6. The number of H-pyrrole nitrogens is 1. The highest BCUT2D eigenvalue weighted by Crippen LogP contribution is 2.30. The van der Waals surface area contributed by atoms with Crippen LogP contribution in [0.3, 0.4) is 0 Å². The topological polar surface area (TPSA) is 86.8 Å². The summed E-state index contributed by atoms with van der Waals surface area (Å²) in [6, 6.07) is 4.43. The summed E-state index contributed by atoms with van der Waals surface area (Å²) in [6.45, 7) is 7.49. The molecule has 26 heavy (non-hydrogen) atoms. The summed E-state index contributed by atoms with van der Waals surface area (Å²) in [4.78, 5) is 24.3. The Morgan fingerprint density at radius 3 is 3.00 bits per heavy atom. The van der Waals surface area contributed by atoms with E-state index in [1.807, 2.05) is 11.8 Å². The maximum atomic E-state index is 12.7. The summed E-state index contributed by atoms with van der Waals surface area (Å²) in [7, 11) is 0. The zero-order valence-electron chi connectivity index (χ0n) is 15.1. The number of aryl methyl sites for hydroxylation is 1. The van der Waals surface area contributed by atoms with Crippen LogP contribution in [-0.4, -0.2) is 50.1 Å². The number of nitrogens with one attached hydrogen (secondary N) is 2. The average Bonchev–Trinajstić information content (AvgIpc) is 3.33. The Morgan fingerprint density at radius 1 is 1.42 bits per heavy atom. The van der Waals surface area contributed by atoms with E-state index in [1.54, 1.807) is 5.51 Å². The first-order valence-corrected chi connectivity index (χ1v) is 9.72. The van der Waals surface area contributed by atoms with E-state index in [0.29, 0.717) is 12.6 Å². The fraction of sp³-hybridized carbons (Fsp3) is 0.444. The second-order valence-electron chi connectivity index (χ2n) is 7.01. The van der Waals surface area contributed by atoms with E-state index in [-0.39, 0.29) is 11.8 Å². The maximum absolute atomic E-state index is 12.7. The molecule has 0 unspecified atom stereocenters. The predicted molar refractivity (Wildman–Crippen MR) is 103 cm³/mol. The molecule has 0 aromatic carbocycles. The van der Waals surface area contributed by atoms with Crippen LogP contribution in [0.2, 0.25) is 0 Å². The Balaban J connectivity index is 1.52. The maximum Gasteiger partial charge on any atom is 0.265 e. The third kappa shape index (κ3) is 3.05. The first kappa shape index (κ1) is 17.0. The number of fused-ring (bicyclic) bond motifs is 1. The highest BCUT2D eigenvalue weighted by atomic mass is 32.1. The smallest absolute Gasteiger partial charge is 0.265 e. The monoisotopic (exact) mass is 370 g/mol. The van der Waals surface area contributed by atoms with Gasteiger partial charge in [-0.25, -0.2) is 9.97 Å². The van der Waals surface area contributed by atoms with Crippen LogP contribution in [0.4, 0.5) is 5.82 Å². The van der Waals surface area contributed by atoms with Gasteiger partial charge in [0.25, 0.3) is 5.91 Å². The van der Waals surface area contributed by atoms with Crippen molar-refractivity contribution < 1.29 is 4.79 Å². The number of aromatic nitrogens is 4. The molecule has 3 aromatic heterocycles. The summed E-state index contributed by atoms with van der Waals surface area (Å²) >= 11 is 1.41. The third-order valence-corrected chi connectivity index (χ3v) is 5.62. The normalized spacial score (nSPS) is 17.4. The first-order chi connectivity index (χ1) is 12.5. The van der Waals surface area contributed by atoms with Gasteiger partial charge in [0.15, 0.2) is 11.5 Å². The van der Waals surface area contributed by atoms with Crippen molar-refractivity contribution in [2.24, 2.45) is 0 Å². The number of pyridine rings is 1. The molecule has 1 aliphatic rings. The van der Waals surface area contributed by atoms with E-state index in [9.17, 15) is 4.79 Å². The predicted octanol–water partition coefficient (Wildman–Crippen LogP) is 3.17. The Morgan fingerprint density at radius 2 is 2.27 bits per heavy atom. The number of nitrogens with zero attached hydrogens (tertiary/aromatic N) is 4. The van der Waals surface area contributed by atoms with E-state index in [0.717, 1.165) is 46.1 Å². The molecule has 0 spiro atoms. The van der Waals surface area contributed by atoms with Gasteiger partial charge in [0.1, 0.15) is 4.88 Å². The molecular weight excluding hydrogens is 348 g/mol. The molecule has 1 fully saturated rings. The van der Waals surface area contributed by atoms with Gasteiger partial charge in [-0.3, -0.25) is 9.89 Å². The van der Waals surface area contributed by atoms with Gasteiger partial charge < -0.3 is 10.2 Å². The van der Waals surface area contributed by atoms with Crippen molar-refractivity contribution in [2.75, 3.05) is 18.4 Å². The molecule has 0 aliphatic carbocycles. The summed E-state index contributed by atoms with van der Waals surface area (Å²) in [5.74, 6) is 1.16. The molecule has 1 atom stereocenters. The SMILES string of the molecule is Cc1ncsc1C(=O)N1CC[C@@H](c2ccc3c(NC(C)C)n[nH]c3n2)C1. The highest BCUT2D eigenvalue weighted by Gasteiger charge is 2.30. The fourth-order valence-electron chi connectivity index (χ4n) is 3.37. The largest absolute Gasteiger partial charge is 0.366 e. The number of anilines is 1. The van der Waals surface area contributed by atoms with E-state index < -0.39 is 0 Å². The van der Waals surface area contributed by atoms with E-state index >= 15 is 0 Å². The zero-order valence-corrected chi connectivity index (χ0v) is 15.9. The summed E-state index contributed by atoms with van der Waals surface area (Å²) < 4.78 is 0. The molecule has 0 radical (unpaired) electrons. The molecule has 4 heterocycles. The lowest BCUT2D eigenvalue weighted by atomic mass is 10.0. The lowest BCUT2D eigenvalue weighted by molar-refractivity contribution is 0.0794. The molecule has 7 nitrogen and oxygen atoms in total. The molecule has 136 valence electrons. The molecule has 0 saturated carbocycles. The highest BCUT2D eigenvalue weighted by molar-refractivity contribution is 7.11. The standard InChI is InChI=1S/C18H22N6OS/c1-10(2)20-16-13-4-5-14(21-17(13)23-22-16)12-6-7-24(8-12)18(25)15-11(3)19-9-26-15/h4-5,9-10,12H,6-8H2,1-3H3,(H2,20,21,22,23)/t12-/m1/s1. The van der Waals surface area contributed by atoms with Crippen molar-refractivity contribution in [3.8, 4) is 0 Å². The zero-order chi connectivity index (χ0) is 18.3. The Labute approximate surface area is 155 Å². The number of carbonyl (C=O) groups is 1. The van der Waals surface area contributed by atoms with Crippen LogP contribution in [0.25, 0.3) is 11.0 Å².